The second kappa shape index (κ2) is 7.38. The summed E-state index contributed by atoms with van der Waals surface area (Å²) in [7, 11) is 0. The zero-order chi connectivity index (χ0) is 15.2. The van der Waals surface area contributed by atoms with E-state index in [1.807, 2.05) is 0 Å². The van der Waals surface area contributed by atoms with E-state index in [1.54, 1.807) is 18.3 Å². The number of rotatable bonds is 5. The number of amides is 1. The number of carboxylic acids is 1. The van der Waals surface area contributed by atoms with Gasteiger partial charge in [0.25, 0.3) is 0 Å². The number of pyridine rings is 1. The van der Waals surface area contributed by atoms with Gasteiger partial charge in [0.1, 0.15) is 5.15 Å². The van der Waals surface area contributed by atoms with Crippen molar-refractivity contribution in [2.45, 2.75) is 32.2 Å². The summed E-state index contributed by atoms with van der Waals surface area (Å²) in [4.78, 5) is 27.2. The van der Waals surface area contributed by atoms with E-state index in [0.717, 1.165) is 18.4 Å². The van der Waals surface area contributed by atoms with Gasteiger partial charge in [0.2, 0.25) is 5.91 Å². The number of nitrogens with one attached hydrogen (secondary N) is 2. The standard InChI is InChI=1S/C14H18ClN3O3/c15-12-6-5-9(7-16-12)8-17-18-13(19)10-3-1-2-4-11(10)14(20)21/h5-7,10-11,17H,1-4,8H2,(H,18,19)(H,20,21). The number of aromatic nitrogens is 1. The highest BCUT2D eigenvalue weighted by Gasteiger charge is 2.35. The minimum absolute atomic E-state index is 0.260. The molecule has 1 fully saturated rings. The van der Waals surface area contributed by atoms with Gasteiger partial charge in [-0.25, -0.2) is 10.4 Å². The molecular weight excluding hydrogens is 294 g/mol. The van der Waals surface area contributed by atoms with Gasteiger partial charge in [-0.05, 0) is 24.5 Å². The van der Waals surface area contributed by atoms with E-state index in [4.69, 9.17) is 16.7 Å². The highest BCUT2D eigenvalue weighted by Crippen LogP contribution is 2.30. The summed E-state index contributed by atoms with van der Waals surface area (Å²) < 4.78 is 0. The lowest BCUT2D eigenvalue weighted by molar-refractivity contribution is -0.149. The molecule has 0 bridgehead atoms. The topological polar surface area (TPSA) is 91.3 Å². The first-order chi connectivity index (χ1) is 10.1. The van der Waals surface area contributed by atoms with Crippen LogP contribution < -0.4 is 10.9 Å². The first kappa shape index (κ1) is 15.7. The van der Waals surface area contributed by atoms with Crippen molar-refractivity contribution in [2.75, 3.05) is 0 Å². The molecule has 1 heterocycles. The van der Waals surface area contributed by atoms with Crippen molar-refractivity contribution in [2.24, 2.45) is 11.8 Å². The molecule has 0 saturated heterocycles. The first-order valence-corrected chi connectivity index (χ1v) is 7.31. The number of carbonyl (C=O) groups is 2. The first-order valence-electron chi connectivity index (χ1n) is 6.94. The van der Waals surface area contributed by atoms with Gasteiger partial charge in [-0.3, -0.25) is 15.0 Å². The summed E-state index contributed by atoms with van der Waals surface area (Å²) in [6, 6.07) is 3.47. The van der Waals surface area contributed by atoms with E-state index in [-0.39, 0.29) is 5.91 Å². The molecule has 1 saturated carbocycles. The molecule has 0 aliphatic heterocycles. The zero-order valence-corrected chi connectivity index (χ0v) is 12.3. The van der Waals surface area contributed by atoms with Gasteiger partial charge < -0.3 is 5.11 Å². The molecule has 21 heavy (non-hydrogen) atoms. The van der Waals surface area contributed by atoms with Gasteiger partial charge in [0.15, 0.2) is 0 Å². The summed E-state index contributed by atoms with van der Waals surface area (Å²) >= 11 is 5.69. The summed E-state index contributed by atoms with van der Waals surface area (Å²) in [5.41, 5.74) is 6.26. The molecule has 1 amide bonds. The normalized spacial score (nSPS) is 21.8. The highest BCUT2D eigenvalue weighted by molar-refractivity contribution is 6.29. The number of hydrazine groups is 1. The lowest BCUT2D eigenvalue weighted by atomic mass is 9.79. The van der Waals surface area contributed by atoms with Crippen LogP contribution >= 0.6 is 11.6 Å². The fourth-order valence-electron chi connectivity index (χ4n) is 2.58. The van der Waals surface area contributed by atoms with Gasteiger partial charge in [-0.1, -0.05) is 30.5 Å². The highest BCUT2D eigenvalue weighted by atomic mass is 35.5. The third-order valence-corrected chi connectivity index (χ3v) is 3.94. The van der Waals surface area contributed by atoms with Crippen molar-refractivity contribution in [3.8, 4) is 0 Å². The van der Waals surface area contributed by atoms with Crippen LogP contribution in [0.25, 0.3) is 0 Å². The summed E-state index contributed by atoms with van der Waals surface area (Å²) in [6.07, 6.45) is 4.55. The van der Waals surface area contributed by atoms with Crippen LogP contribution in [0.5, 0.6) is 0 Å². The van der Waals surface area contributed by atoms with Crippen molar-refractivity contribution in [3.05, 3.63) is 29.0 Å². The van der Waals surface area contributed by atoms with Gasteiger partial charge in [0.05, 0.1) is 11.8 Å². The molecular formula is C14H18ClN3O3. The Kier molecular flexibility index (Phi) is 5.52. The number of nitrogens with zero attached hydrogens (tertiary/aromatic N) is 1. The van der Waals surface area contributed by atoms with Crippen LogP contribution in [-0.2, 0) is 16.1 Å². The second-order valence-corrected chi connectivity index (χ2v) is 5.55. The van der Waals surface area contributed by atoms with Crippen molar-refractivity contribution >= 4 is 23.5 Å². The van der Waals surface area contributed by atoms with E-state index in [0.29, 0.717) is 24.5 Å². The molecule has 6 nitrogen and oxygen atoms in total. The van der Waals surface area contributed by atoms with E-state index in [1.165, 1.54) is 0 Å². The Bertz CT molecular complexity index is 507. The molecule has 1 aliphatic rings. The molecule has 2 unspecified atom stereocenters. The third kappa shape index (κ3) is 4.41. The van der Waals surface area contributed by atoms with Crippen molar-refractivity contribution < 1.29 is 14.7 Å². The monoisotopic (exact) mass is 311 g/mol. The van der Waals surface area contributed by atoms with E-state index in [9.17, 15) is 9.59 Å². The van der Waals surface area contributed by atoms with Crippen LogP contribution in [0.15, 0.2) is 18.3 Å². The molecule has 0 radical (unpaired) electrons. The van der Waals surface area contributed by atoms with Crippen LogP contribution in [0.1, 0.15) is 31.2 Å². The summed E-state index contributed by atoms with van der Waals surface area (Å²) in [5, 5.41) is 9.58. The molecule has 1 aliphatic carbocycles. The lowest BCUT2D eigenvalue weighted by Gasteiger charge is -2.27. The Morgan fingerprint density at radius 2 is 2.00 bits per heavy atom. The van der Waals surface area contributed by atoms with Crippen LogP contribution in [0.3, 0.4) is 0 Å². The SMILES string of the molecule is O=C(O)C1CCCCC1C(=O)NNCc1ccc(Cl)nc1. The smallest absolute Gasteiger partial charge is 0.307 e. The maximum absolute atomic E-state index is 12.1. The fourth-order valence-corrected chi connectivity index (χ4v) is 2.69. The minimum Gasteiger partial charge on any atom is -0.481 e. The Morgan fingerprint density at radius 1 is 1.29 bits per heavy atom. The Balaban J connectivity index is 1.83. The maximum atomic E-state index is 12.1. The van der Waals surface area contributed by atoms with Crippen molar-refractivity contribution in [1.82, 2.24) is 15.8 Å². The summed E-state index contributed by atoms with van der Waals surface area (Å²) in [6.45, 7) is 0.403. The van der Waals surface area contributed by atoms with Crippen LogP contribution in [-0.4, -0.2) is 22.0 Å². The predicted molar refractivity (Wildman–Crippen MR) is 77.3 cm³/mol. The predicted octanol–water partition coefficient (Wildman–Crippen LogP) is 1.75. The zero-order valence-electron chi connectivity index (χ0n) is 11.5. The molecule has 3 N–H and O–H groups in total. The molecule has 114 valence electrons. The number of halogens is 1. The Morgan fingerprint density at radius 3 is 2.62 bits per heavy atom. The van der Waals surface area contributed by atoms with Crippen LogP contribution in [0, 0.1) is 11.8 Å². The summed E-state index contributed by atoms with van der Waals surface area (Å²) in [5.74, 6) is -2.20. The fraction of sp³-hybridized carbons (Fsp3) is 0.500. The Hall–Kier alpha value is -1.66. The molecule has 2 rings (SSSR count). The minimum atomic E-state index is -0.892. The maximum Gasteiger partial charge on any atom is 0.307 e. The molecule has 1 aromatic rings. The van der Waals surface area contributed by atoms with Crippen molar-refractivity contribution in [3.63, 3.8) is 0 Å². The average Bonchev–Trinajstić information content (AvgIpc) is 2.49. The number of hydrogen-bond donors (Lipinski definition) is 3. The molecule has 2 atom stereocenters. The lowest BCUT2D eigenvalue weighted by Crippen LogP contribution is -2.45. The van der Waals surface area contributed by atoms with Gasteiger partial charge in [-0.2, -0.15) is 0 Å². The number of hydrogen-bond acceptors (Lipinski definition) is 4. The van der Waals surface area contributed by atoms with E-state index >= 15 is 0 Å². The number of carboxylic acid groups (broad SMARTS) is 1. The second-order valence-electron chi connectivity index (χ2n) is 5.17. The largest absolute Gasteiger partial charge is 0.481 e. The molecule has 0 spiro atoms. The van der Waals surface area contributed by atoms with E-state index in [2.05, 4.69) is 15.8 Å². The van der Waals surface area contributed by atoms with Gasteiger partial charge in [-0.15, -0.1) is 0 Å². The molecule has 1 aromatic heterocycles. The third-order valence-electron chi connectivity index (χ3n) is 3.71. The van der Waals surface area contributed by atoms with Crippen molar-refractivity contribution in [1.29, 1.82) is 0 Å². The van der Waals surface area contributed by atoms with Gasteiger partial charge >= 0.3 is 5.97 Å². The number of aliphatic carboxylic acids is 1. The quantitative estimate of drug-likeness (QED) is 0.569. The van der Waals surface area contributed by atoms with Gasteiger partial charge in [0, 0.05) is 12.7 Å². The van der Waals surface area contributed by atoms with Crippen LogP contribution in [0.4, 0.5) is 0 Å². The number of carbonyl (C=O) groups excluding carboxylic acids is 1. The molecule has 0 aromatic carbocycles. The Labute approximate surface area is 127 Å². The van der Waals surface area contributed by atoms with E-state index < -0.39 is 17.8 Å². The molecule has 7 heteroatoms. The van der Waals surface area contributed by atoms with Crippen LogP contribution in [0.2, 0.25) is 5.15 Å². The average molecular weight is 312 g/mol.